The minimum Gasteiger partial charge on any atom is -0.347 e. The average molecular weight is 409 g/mol. The quantitative estimate of drug-likeness (QED) is 0.321. The Hall–Kier alpha value is 0.480. The molecule has 0 aliphatic carbocycles. The van der Waals surface area contributed by atoms with Crippen LogP contribution in [0.25, 0.3) is 0 Å². The molecule has 0 aliphatic heterocycles. The largest absolute Gasteiger partial charge is 0.347 e. The second-order valence-corrected chi connectivity index (χ2v) is 13.4. The molecule has 0 amide bonds. The molecule has 0 saturated carbocycles. The molecule has 0 unspecified atom stereocenters. The van der Waals surface area contributed by atoms with Crippen molar-refractivity contribution in [1.82, 2.24) is 9.80 Å². The van der Waals surface area contributed by atoms with Gasteiger partial charge in [-0.1, -0.05) is 24.4 Å². The number of hydrogen-bond donors (Lipinski definition) is 0. The maximum absolute atomic E-state index is 5.75. The van der Waals surface area contributed by atoms with E-state index in [1.807, 2.05) is 0 Å². The maximum atomic E-state index is 5.75. The van der Waals surface area contributed by atoms with Crippen LogP contribution in [0.15, 0.2) is 0 Å². The highest BCUT2D eigenvalue weighted by Crippen LogP contribution is 2.38. The predicted octanol–water partition coefficient (Wildman–Crippen LogP) is 6.74. The summed E-state index contributed by atoms with van der Waals surface area (Å²) >= 11 is 11.5. The fraction of sp³-hybridized carbons (Fsp3) is 0.889. The summed E-state index contributed by atoms with van der Waals surface area (Å²) < 4.78 is 1.76. The molecule has 142 valence electrons. The third kappa shape index (κ3) is 7.38. The van der Waals surface area contributed by atoms with Crippen LogP contribution in [0.4, 0.5) is 0 Å². The molecule has 0 aromatic heterocycles. The standard InChI is InChI=1S/C18H36N2S4/c1-15(2,3)19(16(4,5)6)13(21)23-24-14(22)20(17(7,8)9)18(10,11)12/h1-12H3. The lowest BCUT2D eigenvalue weighted by Crippen LogP contribution is -2.55. The third-order valence-corrected chi connectivity index (χ3v) is 6.66. The van der Waals surface area contributed by atoms with Crippen LogP contribution in [0.5, 0.6) is 0 Å². The molecule has 6 heteroatoms. The van der Waals surface area contributed by atoms with Crippen LogP contribution < -0.4 is 0 Å². The molecule has 0 atom stereocenters. The Balaban J connectivity index is 5.24. The Bertz CT molecular complexity index is 387. The number of nitrogens with zero attached hydrogens (tertiary/aromatic N) is 2. The Morgan fingerprint density at radius 3 is 0.792 bits per heavy atom. The maximum Gasteiger partial charge on any atom is 0.148 e. The van der Waals surface area contributed by atoms with Crippen molar-refractivity contribution < 1.29 is 0 Å². The lowest BCUT2D eigenvalue weighted by Gasteiger charge is -2.48. The van der Waals surface area contributed by atoms with E-state index in [1.165, 1.54) is 0 Å². The molecular weight excluding hydrogens is 372 g/mol. The highest BCUT2D eigenvalue weighted by Gasteiger charge is 2.36. The first-order valence-electron chi connectivity index (χ1n) is 8.32. The van der Waals surface area contributed by atoms with Gasteiger partial charge in [-0.25, -0.2) is 0 Å². The molecular formula is C18H36N2S4. The zero-order valence-electron chi connectivity index (χ0n) is 17.5. The molecule has 2 nitrogen and oxygen atoms in total. The van der Waals surface area contributed by atoms with E-state index in [4.69, 9.17) is 24.4 Å². The van der Waals surface area contributed by atoms with Crippen molar-refractivity contribution in [2.24, 2.45) is 0 Å². The van der Waals surface area contributed by atoms with E-state index in [-0.39, 0.29) is 22.2 Å². The SMILES string of the molecule is CC(C)(C)N(C(=S)SSC(=S)N(C(C)(C)C)C(C)(C)C)C(C)(C)C. The van der Waals surface area contributed by atoms with Gasteiger partial charge in [0.15, 0.2) is 0 Å². The Morgan fingerprint density at radius 2 is 0.667 bits per heavy atom. The Labute approximate surface area is 169 Å². The van der Waals surface area contributed by atoms with Crippen LogP contribution in [0, 0.1) is 0 Å². The zero-order valence-corrected chi connectivity index (χ0v) is 20.8. The van der Waals surface area contributed by atoms with Gasteiger partial charge in [0.2, 0.25) is 0 Å². The Morgan fingerprint density at radius 1 is 0.500 bits per heavy atom. The van der Waals surface area contributed by atoms with Gasteiger partial charge < -0.3 is 9.80 Å². The van der Waals surface area contributed by atoms with Crippen molar-refractivity contribution in [1.29, 1.82) is 0 Å². The van der Waals surface area contributed by atoms with Crippen LogP contribution in [-0.2, 0) is 0 Å². The van der Waals surface area contributed by atoms with Gasteiger partial charge in [0.05, 0.1) is 0 Å². The molecule has 0 saturated heterocycles. The van der Waals surface area contributed by atoms with Crippen LogP contribution in [0.1, 0.15) is 83.1 Å². The summed E-state index contributed by atoms with van der Waals surface area (Å²) in [7, 11) is 3.20. The average Bonchev–Trinajstić information content (AvgIpc) is 2.17. The van der Waals surface area contributed by atoms with Crippen molar-refractivity contribution >= 4 is 54.7 Å². The molecule has 0 aromatic rings. The predicted molar refractivity (Wildman–Crippen MR) is 123 cm³/mol. The van der Waals surface area contributed by atoms with Crippen molar-refractivity contribution in [3.05, 3.63) is 0 Å². The normalized spacial score (nSPS) is 13.7. The van der Waals surface area contributed by atoms with E-state index < -0.39 is 0 Å². The molecule has 0 fully saturated rings. The van der Waals surface area contributed by atoms with E-state index in [1.54, 1.807) is 21.6 Å². The van der Waals surface area contributed by atoms with Gasteiger partial charge in [0.1, 0.15) is 8.64 Å². The van der Waals surface area contributed by atoms with Gasteiger partial charge >= 0.3 is 0 Å². The summed E-state index contributed by atoms with van der Waals surface area (Å²) in [5.74, 6) is 0. The monoisotopic (exact) mass is 408 g/mol. The van der Waals surface area contributed by atoms with Crippen LogP contribution >= 0.6 is 46.0 Å². The summed E-state index contributed by atoms with van der Waals surface area (Å²) in [6, 6.07) is 0. The molecule has 0 radical (unpaired) electrons. The van der Waals surface area contributed by atoms with Gasteiger partial charge in [0.25, 0.3) is 0 Å². The molecule has 0 aromatic carbocycles. The van der Waals surface area contributed by atoms with Gasteiger partial charge in [-0.2, -0.15) is 0 Å². The third-order valence-electron chi connectivity index (χ3n) is 3.23. The summed E-state index contributed by atoms with van der Waals surface area (Å²) in [5.41, 5.74) is -0.118. The summed E-state index contributed by atoms with van der Waals surface area (Å²) in [4.78, 5) is 4.60. The molecule has 0 aliphatic rings. The van der Waals surface area contributed by atoms with Crippen molar-refractivity contribution in [3.63, 3.8) is 0 Å². The second-order valence-electron chi connectivity index (χ2n) is 10.1. The first-order chi connectivity index (χ1) is 10.3. The lowest BCUT2D eigenvalue weighted by atomic mass is 9.97. The summed E-state index contributed by atoms with van der Waals surface area (Å²) in [5, 5.41) is 0. The number of rotatable bonds is 0. The molecule has 0 spiro atoms. The van der Waals surface area contributed by atoms with Crippen LogP contribution in [0.3, 0.4) is 0 Å². The van der Waals surface area contributed by atoms with E-state index in [0.717, 1.165) is 8.64 Å². The number of hydrogen-bond acceptors (Lipinski definition) is 4. The first-order valence-corrected chi connectivity index (χ1v) is 11.3. The summed E-state index contributed by atoms with van der Waals surface area (Å²) in [6.45, 7) is 26.4. The highest BCUT2D eigenvalue weighted by atomic mass is 33.1. The van der Waals surface area contributed by atoms with Gasteiger partial charge in [0, 0.05) is 22.2 Å². The zero-order chi connectivity index (χ0) is 19.7. The smallest absolute Gasteiger partial charge is 0.148 e. The number of thiocarbonyl (C=S) groups is 2. The van der Waals surface area contributed by atoms with E-state index in [2.05, 4.69) is 92.9 Å². The molecule has 0 rings (SSSR count). The van der Waals surface area contributed by atoms with Crippen LogP contribution in [-0.4, -0.2) is 40.6 Å². The highest BCUT2D eigenvalue weighted by molar-refractivity contribution is 8.89. The fourth-order valence-electron chi connectivity index (χ4n) is 3.25. The Kier molecular flexibility index (Phi) is 8.17. The minimum atomic E-state index is -0.0295. The van der Waals surface area contributed by atoms with Gasteiger partial charge in [-0.15, -0.1) is 0 Å². The lowest BCUT2D eigenvalue weighted by molar-refractivity contribution is 0.131. The molecule has 0 N–H and O–H groups in total. The minimum absolute atomic E-state index is 0.0295. The summed E-state index contributed by atoms with van der Waals surface area (Å²) in [6.07, 6.45) is 0. The van der Waals surface area contributed by atoms with Crippen molar-refractivity contribution in [2.75, 3.05) is 0 Å². The fourth-order valence-corrected chi connectivity index (χ4v) is 7.22. The van der Waals surface area contributed by atoms with E-state index in [9.17, 15) is 0 Å². The van der Waals surface area contributed by atoms with Gasteiger partial charge in [-0.3, -0.25) is 0 Å². The molecule has 0 bridgehead atoms. The van der Waals surface area contributed by atoms with Crippen molar-refractivity contribution in [3.8, 4) is 0 Å². The molecule has 0 heterocycles. The second kappa shape index (κ2) is 8.01. The van der Waals surface area contributed by atoms with E-state index >= 15 is 0 Å². The van der Waals surface area contributed by atoms with Crippen molar-refractivity contribution in [2.45, 2.75) is 105 Å². The van der Waals surface area contributed by atoms with Gasteiger partial charge in [-0.05, 0) is 105 Å². The topological polar surface area (TPSA) is 6.48 Å². The van der Waals surface area contributed by atoms with Crippen LogP contribution in [0.2, 0.25) is 0 Å². The molecule has 24 heavy (non-hydrogen) atoms. The van der Waals surface area contributed by atoms with E-state index in [0.29, 0.717) is 0 Å². The first kappa shape index (κ1) is 24.5.